The van der Waals surface area contributed by atoms with E-state index in [1.165, 1.54) is 0 Å². The van der Waals surface area contributed by atoms with Gasteiger partial charge in [0.25, 0.3) is 0 Å². The molecule has 5 heteroatoms. The number of nitrogens with one attached hydrogen (secondary N) is 1. The molecule has 86 valence electrons. The molecule has 2 rings (SSSR count). The second-order valence-electron chi connectivity index (χ2n) is 3.75. The first-order valence-electron chi connectivity index (χ1n) is 5.36. The summed E-state index contributed by atoms with van der Waals surface area (Å²) in [4.78, 5) is 21.0. The van der Waals surface area contributed by atoms with Crippen LogP contribution in [0, 0.1) is 6.92 Å². The number of aromatic nitrogens is 1. The summed E-state index contributed by atoms with van der Waals surface area (Å²) in [6.45, 7) is 5.02. The molecule has 0 radical (unpaired) electrons. The van der Waals surface area contributed by atoms with E-state index in [0.717, 1.165) is 31.7 Å². The lowest BCUT2D eigenvalue weighted by molar-refractivity contribution is -0.115. The molecule has 0 atom stereocenters. The molecule has 0 spiro atoms. The number of rotatable bonds is 2. The van der Waals surface area contributed by atoms with Crippen molar-refractivity contribution in [3.8, 4) is 0 Å². The van der Waals surface area contributed by atoms with Gasteiger partial charge in [-0.15, -0.1) is 5.06 Å². The molecule has 1 fully saturated rings. The summed E-state index contributed by atoms with van der Waals surface area (Å²) in [6.07, 6.45) is 3.21. The van der Waals surface area contributed by atoms with Gasteiger partial charge in [0.1, 0.15) is 0 Å². The maximum atomic E-state index is 11.8. The molecule has 5 nitrogen and oxygen atoms in total. The Labute approximate surface area is 94.4 Å². The minimum Gasteiger partial charge on any atom is -0.364 e. The highest BCUT2D eigenvalue weighted by Crippen LogP contribution is 2.08. The Hall–Kier alpha value is -1.46. The van der Waals surface area contributed by atoms with Gasteiger partial charge in [-0.25, -0.2) is 4.79 Å². The van der Waals surface area contributed by atoms with E-state index in [1.54, 1.807) is 23.5 Å². The lowest BCUT2D eigenvalue weighted by Crippen LogP contribution is -2.44. The third-order valence-electron chi connectivity index (χ3n) is 2.55. The first kappa shape index (κ1) is 11.0. The zero-order valence-corrected chi connectivity index (χ0v) is 9.27. The molecule has 0 aromatic carbocycles. The van der Waals surface area contributed by atoms with Crippen molar-refractivity contribution in [1.82, 2.24) is 15.4 Å². The predicted molar refractivity (Wildman–Crippen MR) is 58.8 cm³/mol. The Morgan fingerprint density at radius 2 is 2.25 bits per heavy atom. The molecule has 1 aliphatic rings. The molecule has 2 heterocycles. The molecular formula is C11H15N3O2. The van der Waals surface area contributed by atoms with Crippen LogP contribution in [0.25, 0.3) is 0 Å². The Morgan fingerprint density at radius 1 is 1.50 bits per heavy atom. The van der Waals surface area contributed by atoms with E-state index in [4.69, 9.17) is 4.84 Å². The average Bonchev–Trinajstić information content (AvgIpc) is 2.31. The lowest BCUT2D eigenvalue weighted by atomic mass is 10.2. The van der Waals surface area contributed by atoms with Crippen LogP contribution in [-0.4, -0.2) is 42.2 Å². The number of carbonyl (C=O) groups is 1. The minimum atomic E-state index is -0.326. The minimum absolute atomic E-state index is 0.326. The number of aryl methyl sites for hydroxylation is 1. The van der Waals surface area contributed by atoms with Gasteiger partial charge in [-0.05, 0) is 18.6 Å². The smallest absolute Gasteiger partial charge is 0.358 e. The molecule has 1 aliphatic heterocycles. The number of piperazine rings is 1. The molecule has 0 unspecified atom stereocenters. The summed E-state index contributed by atoms with van der Waals surface area (Å²) in [7, 11) is 0. The van der Waals surface area contributed by atoms with Crippen LogP contribution >= 0.6 is 0 Å². The average molecular weight is 221 g/mol. The van der Waals surface area contributed by atoms with Crippen LogP contribution in [-0.2, 0) is 4.84 Å². The Morgan fingerprint density at radius 3 is 2.94 bits per heavy atom. The van der Waals surface area contributed by atoms with E-state index in [0.29, 0.717) is 5.56 Å². The molecule has 0 saturated carbocycles. The van der Waals surface area contributed by atoms with Crippen molar-refractivity contribution >= 4 is 5.97 Å². The molecule has 1 aromatic rings. The van der Waals surface area contributed by atoms with E-state index in [-0.39, 0.29) is 5.97 Å². The van der Waals surface area contributed by atoms with E-state index < -0.39 is 0 Å². The SMILES string of the molecule is Cc1ccncc1C(=O)ON1CCNCC1. The van der Waals surface area contributed by atoms with Crippen molar-refractivity contribution in [2.45, 2.75) is 6.92 Å². The molecule has 1 saturated heterocycles. The van der Waals surface area contributed by atoms with Crippen molar-refractivity contribution < 1.29 is 9.63 Å². The van der Waals surface area contributed by atoms with Gasteiger partial charge >= 0.3 is 5.97 Å². The number of carbonyl (C=O) groups excluding carboxylic acids is 1. The van der Waals surface area contributed by atoms with Gasteiger partial charge in [-0.3, -0.25) is 4.98 Å². The van der Waals surface area contributed by atoms with Crippen molar-refractivity contribution in [2.24, 2.45) is 0 Å². The topological polar surface area (TPSA) is 54.5 Å². The summed E-state index contributed by atoms with van der Waals surface area (Å²) in [5, 5.41) is 4.88. The highest BCUT2D eigenvalue weighted by molar-refractivity contribution is 5.90. The van der Waals surface area contributed by atoms with Crippen LogP contribution in [0.15, 0.2) is 18.5 Å². The van der Waals surface area contributed by atoms with Gasteiger partial charge in [0.2, 0.25) is 0 Å². The molecule has 1 N–H and O–H groups in total. The van der Waals surface area contributed by atoms with Crippen LogP contribution in [0.4, 0.5) is 0 Å². The number of hydrogen-bond acceptors (Lipinski definition) is 5. The lowest BCUT2D eigenvalue weighted by Gasteiger charge is -2.25. The summed E-state index contributed by atoms with van der Waals surface area (Å²) < 4.78 is 0. The number of hydroxylamine groups is 2. The Bertz CT molecular complexity index is 375. The standard InChI is InChI=1S/C11H15N3O2/c1-9-2-3-13-8-10(9)11(15)16-14-6-4-12-5-7-14/h2-3,8,12H,4-7H2,1H3. The van der Waals surface area contributed by atoms with Crippen LogP contribution in [0.2, 0.25) is 0 Å². The van der Waals surface area contributed by atoms with Gasteiger partial charge in [0.05, 0.1) is 5.56 Å². The zero-order chi connectivity index (χ0) is 11.4. The fourth-order valence-electron chi connectivity index (χ4n) is 1.58. The summed E-state index contributed by atoms with van der Waals surface area (Å²) in [5.74, 6) is -0.326. The van der Waals surface area contributed by atoms with E-state index >= 15 is 0 Å². The fourth-order valence-corrected chi connectivity index (χ4v) is 1.58. The van der Waals surface area contributed by atoms with Gasteiger partial charge < -0.3 is 10.2 Å². The van der Waals surface area contributed by atoms with Gasteiger partial charge in [0, 0.05) is 38.6 Å². The maximum Gasteiger partial charge on any atom is 0.358 e. The summed E-state index contributed by atoms with van der Waals surface area (Å²) >= 11 is 0. The maximum absolute atomic E-state index is 11.8. The molecule has 16 heavy (non-hydrogen) atoms. The van der Waals surface area contributed by atoms with E-state index in [9.17, 15) is 4.79 Å². The zero-order valence-electron chi connectivity index (χ0n) is 9.27. The van der Waals surface area contributed by atoms with E-state index in [2.05, 4.69) is 10.3 Å². The highest BCUT2D eigenvalue weighted by Gasteiger charge is 2.17. The van der Waals surface area contributed by atoms with Crippen molar-refractivity contribution in [3.63, 3.8) is 0 Å². The second kappa shape index (κ2) is 5.05. The van der Waals surface area contributed by atoms with Gasteiger partial charge in [-0.2, -0.15) is 0 Å². The summed E-state index contributed by atoms with van der Waals surface area (Å²) in [6, 6.07) is 1.80. The third kappa shape index (κ3) is 2.56. The van der Waals surface area contributed by atoms with Crippen LogP contribution in [0.5, 0.6) is 0 Å². The molecule has 1 aromatic heterocycles. The number of hydrogen-bond donors (Lipinski definition) is 1. The monoisotopic (exact) mass is 221 g/mol. The normalized spacial score (nSPS) is 17.1. The quantitative estimate of drug-likeness (QED) is 0.781. The van der Waals surface area contributed by atoms with Crippen molar-refractivity contribution in [2.75, 3.05) is 26.2 Å². The van der Waals surface area contributed by atoms with Crippen LogP contribution in [0.3, 0.4) is 0 Å². The first-order chi connectivity index (χ1) is 7.77. The van der Waals surface area contributed by atoms with E-state index in [1.807, 2.05) is 6.92 Å². The highest BCUT2D eigenvalue weighted by atomic mass is 16.7. The largest absolute Gasteiger partial charge is 0.364 e. The Balaban J connectivity index is 2.00. The van der Waals surface area contributed by atoms with Crippen LogP contribution < -0.4 is 5.32 Å². The fraction of sp³-hybridized carbons (Fsp3) is 0.455. The Kier molecular flexibility index (Phi) is 3.48. The molecule has 0 amide bonds. The molecular weight excluding hydrogens is 206 g/mol. The van der Waals surface area contributed by atoms with Crippen LogP contribution in [0.1, 0.15) is 15.9 Å². The number of nitrogens with zero attached hydrogens (tertiary/aromatic N) is 2. The van der Waals surface area contributed by atoms with Gasteiger partial charge in [-0.1, -0.05) is 0 Å². The van der Waals surface area contributed by atoms with Gasteiger partial charge in [0.15, 0.2) is 0 Å². The van der Waals surface area contributed by atoms with Crippen molar-refractivity contribution in [1.29, 1.82) is 0 Å². The first-order valence-corrected chi connectivity index (χ1v) is 5.36. The second-order valence-corrected chi connectivity index (χ2v) is 3.75. The molecule has 0 aliphatic carbocycles. The number of pyridine rings is 1. The molecule has 0 bridgehead atoms. The van der Waals surface area contributed by atoms with Crippen molar-refractivity contribution in [3.05, 3.63) is 29.6 Å². The summed E-state index contributed by atoms with van der Waals surface area (Å²) in [5.41, 5.74) is 1.41. The predicted octanol–water partition coefficient (Wildman–Crippen LogP) is 0.367. The third-order valence-corrected chi connectivity index (χ3v) is 2.55.